The highest BCUT2D eigenvalue weighted by molar-refractivity contribution is 5.77. The van der Waals surface area contributed by atoms with E-state index in [1.54, 1.807) is 7.11 Å². The van der Waals surface area contributed by atoms with Crippen LogP contribution < -0.4 is 0 Å². The molecule has 3 nitrogen and oxygen atoms in total. The van der Waals surface area contributed by atoms with E-state index in [1.807, 2.05) is 0 Å². The van der Waals surface area contributed by atoms with Crippen LogP contribution in [0.4, 0.5) is 0 Å². The van der Waals surface area contributed by atoms with Crippen molar-refractivity contribution in [3.63, 3.8) is 0 Å². The van der Waals surface area contributed by atoms with Gasteiger partial charge in [0.05, 0.1) is 7.11 Å². The fourth-order valence-electron chi connectivity index (χ4n) is 2.03. The van der Waals surface area contributed by atoms with Crippen LogP contribution in [0.5, 0.6) is 0 Å². The molecule has 1 aliphatic heterocycles. The van der Waals surface area contributed by atoms with Gasteiger partial charge in [-0.15, -0.1) is 0 Å². The molecule has 2 aliphatic rings. The molecule has 0 spiro atoms. The Morgan fingerprint density at radius 2 is 2.21 bits per heavy atom. The van der Waals surface area contributed by atoms with Crippen molar-refractivity contribution in [1.29, 1.82) is 0 Å². The van der Waals surface area contributed by atoms with Crippen LogP contribution in [0.3, 0.4) is 0 Å². The van der Waals surface area contributed by atoms with E-state index in [0.717, 1.165) is 25.1 Å². The molecule has 0 aromatic carbocycles. The molecule has 3 heteroatoms. The number of methoxy groups -OCH3 is 1. The van der Waals surface area contributed by atoms with Crippen molar-refractivity contribution >= 4 is 6.21 Å². The highest BCUT2D eigenvalue weighted by Crippen LogP contribution is 2.31. The van der Waals surface area contributed by atoms with Crippen molar-refractivity contribution in [2.75, 3.05) is 20.7 Å². The van der Waals surface area contributed by atoms with Gasteiger partial charge in [0.1, 0.15) is 25.1 Å². The smallest absolute Gasteiger partial charge is 0.166 e. The molecule has 76 valence electrons. The molecule has 1 N–H and O–H groups in total. The van der Waals surface area contributed by atoms with Crippen molar-refractivity contribution in [1.82, 2.24) is 0 Å². The Labute approximate surface area is 84.0 Å². The summed E-state index contributed by atoms with van der Waals surface area (Å²) < 4.78 is 7.32. The molecule has 1 heterocycles. The zero-order valence-electron chi connectivity index (χ0n) is 8.71. The molecule has 2 rings (SSSR count). The summed E-state index contributed by atoms with van der Waals surface area (Å²) in [4.78, 5) is 0. The molecular formula is C11H16NO2+. The third-order valence-corrected chi connectivity index (χ3v) is 2.90. The van der Waals surface area contributed by atoms with Crippen LogP contribution in [0.1, 0.15) is 19.3 Å². The normalized spacial score (nSPS) is 22.0. The Morgan fingerprint density at radius 1 is 1.43 bits per heavy atom. The maximum absolute atomic E-state index is 9.68. The first-order valence-corrected chi connectivity index (χ1v) is 4.91. The lowest BCUT2D eigenvalue weighted by Gasteiger charge is -2.21. The van der Waals surface area contributed by atoms with E-state index >= 15 is 0 Å². The van der Waals surface area contributed by atoms with Crippen molar-refractivity contribution in [3.05, 3.63) is 22.7 Å². The van der Waals surface area contributed by atoms with E-state index in [0.29, 0.717) is 12.2 Å². The second-order valence-corrected chi connectivity index (χ2v) is 3.92. The maximum atomic E-state index is 9.68. The van der Waals surface area contributed by atoms with Crippen molar-refractivity contribution in [2.45, 2.75) is 19.3 Å². The summed E-state index contributed by atoms with van der Waals surface area (Å²) in [5.74, 6) is 1.12. The minimum absolute atomic E-state index is 0.387. The lowest BCUT2D eigenvalue weighted by molar-refractivity contribution is -0.493. The van der Waals surface area contributed by atoms with Crippen LogP contribution in [0.15, 0.2) is 22.7 Å². The zero-order valence-corrected chi connectivity index (χ0v) is 8.71. The van der Waals surface area contributed by atoms with Gasteiger partial charge in [-0.1, -0.05) is 0 Å². The quantitative estimate of drug-likeness (QED) is 0.643. The minimum Gasteiger partial charge on any atom is -0.508 e. The lowest BCUT2D eigenvalue weighted by atomic mass is 9.91. The standard InChI is InChI=1S/C11H15NO2/c1-12-4-3-8-6-11(14-2)10(13)5-9(8)7-12/h7H,3-6H2,1-2H3/p+1. The Kier molecular flexibility index (Phi) is 2.32. The Bertz CT molecular complexity index is 350. The molecular weight excluding hydrogens is 178 g/mol. The summed E-state index contributed by atoms with van der Waals surface area (Å²) in [6.07, 6.45) is 4.62. The first-order valence-electron chi connectivity index (χ1n) is 4.91. The molecule has 0 radical (unpaired) electrons. The van der Waals surface area contributed by atoms with E-state index in [9.17, 15) is 5.11 Å². The van der Waals surface area contributed by atoms with Crippen molar-refractivity contribution < 1.29 is 14.4 Å². The largest absolute Gasteiger partial charge is 0.508 e. The SMILES string of the molecule is COC1=C(O)CC2=C(CC[N+](C)=C2)C1. The maximum Gasteiger partial charge on any atom is 0.166 e. The third-order valence-electron chi connectivity index (χ3n) is 2.90. The van der Waals surface area contributed by atoms with Gasteiger partial charge in [0, 0.05) is 24.8 Å². The average molecular weight is 194 g/mol. The van der Waals surface area contributed by atoms with Crippen LogP contribution in [-0.4, -0.2) is 36.6 Å². The predicted molar refractivity (Wildman–Crippen MR) is 54.7 cm³/mol. The van der Waals surface area contributed by atoms with Gasteiger partial charge in [-0.2, -0.15) is 0 Å². The van der Waals surface area contributed by atoms with Gasteiger partial charge < -0.3 is 9.84 Å². The highest BCUT2D eigenvalue weighted by Gasteiger charge is 2.24. The van der Waals surface area contributed by atoms with Gasteiger partial charge in [-0.05, 0) is 5.57 Å². The number of nitrogens with zero attached hydrogens (tertiary/aromatic N) is 1. The van der Waals surface area contributed by atoms with Crippen LogP contribution in [0, 0.1) is 0 Å². The van der Waals surface area contributed by atoms with Crippen LogP contribution >= 0.6 is 0 Å². The topological polar surface area (TPSA) is 32.5 Å². The number of hydrogen-bond donors (Lipinski definition) is 1. The van der Waals surface area contributed by atoms with Crippen LogP contribution in [-0.2, 0) is 4.74 Å². The van der Waals surface area contributed by atoms with Gasteiger partial charge >= 0.3 is 0 Å². The first-order chi connectivity index (χ1) is 6.70. The molecule has 0 aromatic rings. The predicted octanol–water partition coefficient (Wildman–Crippen LogP) is 1.61. The van der Waals surface area contributed by atoms with Crippen LogP contribution in [0.25, 0.3) is 0 Å². The molecule has 0 saturated heterocycles. The summed E-state index contributed by atoms with van der Waals surface area (Å²) in [6.45, 7) is 1.07. The Balaban J connectivity index is 2.24. The molecule has 0 bridgehead atoms. The fourth-order valence-corrected chi connectivity index (χ4v) is 2.03. The second kappa shape index (κ2) is 3.48. The molecule has 0 amide bonds. The molecule has 0 fully saturated rings. The van der Waals surface area contributed by atoms with Crippen molar-refractivity contribution in [3.8, 4) is 0 Å². The molecule has 0 saturated carbocycles. The van der Waals surface area contributed by atoms with Gasteiger partial charge in [0.2, 0.25) is 0 Å². The summed E-state index contributed by atoms with van der Waals surface area (Å²) in [6, 6.07) is 0. The van der Waals surface area contributed by atoms with Crippen LogP contribution in [0.2, 0.25) is 0 Å². The average Bonchev–Trinajstić information content (AvgIpc) is 2.16. The number of aliphatic hydroxyl groups is 1. The minimum atomic E-state index is 0.387. The van der Waals surface area contributed by atoms with Gasteiger partial charge in [0.25, 0.3) is 0 Å². The van der Waals surface area contributed by atoms with E-state index in [1.165, 1.54) is 11.1 Å². The number of hydrogen-bond acceptors (Lipinski definition) is 2. The summed E-state index contributed by atoms with van der Waals surface area (Å²) in [7, 11) is 3.69. The monoisotopic (exact) mass is 194 g/mol. The Morgan fingerprint density at radius 3 is 2.93 bits per heavy atom. The number of ether oxygens (including phenoxy) is 1. The zero-order chi connectivity index (χ0) is 10.1. The van der Waals surface area contributed by atoms with Gasteiger partial charge in [-0.3, -0.25) is 0 Å². The van der Waals surface area contributed by atoms with Gasteiger partial charge in [0.15, 0.2) is 6.21 Å². The second-order valence-electron chi connectivity index (χ2n) is 3.92. The van der Waals surface area contributed by atoms with E-state index in [2.05, 4.69) is 17.8 Å². The van der Waals surface area contributed by atoms with E-state index in [-0.39, 0.29) is 0 Å². The summed E-state index contributed by atoms with van der Waals surface area (Å²) in [5, 5.41) is 9.68. The lowest BCUT2D eigenvalue weighted by Crippen LogP contribution is -2.21. The number of rotatable bonds is 1. The molecule has 1 aliphatic carbocycles. The van der Waals surface area contributed by atoms with Gasteiger partial charge in [-0.25, -0.2) is 4.58 Å². The fraction of sp³-hybridized carbons (Fsp3) is 0.545. The number of allylic oxidation sites excluding steroid dienone is 2. The molecule has 0 atom stereocenters. The highest BCUT2D eigenvalue weighted by atomic mass is 16.5. The molecule has 14 heavy (non-hydrogen) atoms. The first kappa shape index (κ1) is 9.31. The third kappa shape index (κ3) is 1.54. The van der Waals surface area contributed by atoms with Crippen molar-refractivity contribution in [2.24, 2.45) is 0 Å². The number of aliphatic hydroxyl groups excluding tert-OH is 1. The Hall–Kier alpha value is -1.25. The van der Waals surface area contributed by atoms with E-state index in [4.69, 9.17) is 4.74 Å². The summed E-state index contributed by atoms with van der Waals surface area (Å²) >= 11 is 0. The van der Waals surface area contributed by atoms with E-state index < -0.39 is 0 Å². The molecule has 0 unspecified atom stereocenters. The molecule has 0 aromatic heterocycles. The summed E-state index contributed by atoms with van der Waals surface area (Å²) in [5.41, 5.74) is 2.68.